The Morgan fingerprint density at radius 3 is 2.76 bits per heavy atom. The molecule has 0 amide bonds. The smallest absolute Gasteiger partial charge is 0.311 e. The Labute approximate surface area is 98.1 Å². The fourth-order valence-electron chi connectivity index (χ4n) is 1.81. The highest BCUT2D eigenvalue weighted by Crippen LogP contribution is 2.35. The van der Waals surface area contributed by atoms with E-state index in [0.717, 1.165) is 0 Å². The lowest BCUT2D eigenvalue weighted by molar-refractivity contribution is -0.139. The number of fused-ring (bicyclic) bond motifs is 1. The number of hydrogen-bond acceptors (Lipinski definition) is 4. The monoisotopic (exact) mass is 257 g/mol. The lowest BCUT2D eigenvalue weighted by atomic mass is 9.93. The number of aliphatic carboxylic acids is 1. The number of hydrogen-bond donors (Lipinski definition) is 2. The highest BCUT2D eigenvalue weighted by molar-refractivity contribution is 7.89. The summed E-state index contributed by atoms with van der Waals surface area (Å²) in [6.45, 7) is 0.304. The molecular formula is C10H11NO5S. The third-order valence-electron chi connectivity index (χ3n) is 2.65. The van der Waals surface area contributed by atoms with Crippen molar-refractivity contribution >= 4 is 16.0 Å². The van der Waals surface area contributed by atoms with Gasteiger partial charge in [0.15, 0.2) is 0 Å². The number of benzene rings is 1. The van der Waals surface area contributed by atoms with Crippen LogP contribution in [0.2, 0.25) is 0 Å². The van der Waals surface area contributed by atoms with Gasteiger partial charge in [-0.25, -0.2) is 13.6 Å². The third-order valence-corrected chi connectivity index (χ3v) is 3.56. The van der Waals surface area contributed by atoms with Crippen LogP contribution in [0.3, 0.4) is 0 Å². The summed E-state index contributed by atoms with van der Waals surface area (Å²) in [5.74, 6) is -1.35. The van der Waals surface area contributed by atoms with Crippen LogP contribution in [-0.2, 0) is 14.8 Å². The summed E-state index contributed by atoms with van der Waals surface area (Å²) in [4.78, 5) is 10.9. The van der Waals surface area contributed by atoms with Crippen molar-refractivity contribution in [2.75, 3.05) is 6.61 Å². The second-order valence-corrected chi connectivity index (χ2v) is 5.33. The molecule has 0 saturated carbocycles. The molecule has 7 heteroatoms. The molecule has 1 aliphatic heterocycles. The molecule has 1 aromatic rings. The first-order valence-electron chi connectivity index (χ1n) is 4.92. The summed E-state index contributed by atoms with van der Waals surface area (Å²) in [6, 6.07) is 4.01. The Balaban J connectivity index is 2.55. The zero-order valence-electron chi connectivity index (χ0n) is 8.79. The molecule has 0 aliphatic carbocycles. The minimum absolute atomic E-state index is 0.104. The summed E-state index contributed by atoms with van der Waals surface area (Å²) in [6.07, 6.45) is 0.316. The van der Waals surface area contributed by atoms with E-state index in [0.29, 0.717) is 24.3 Å². The molecule has 1 aliphatic rings. The van der Waals surface area contributed by atoms with Crippen LogP contribution < -0.4 is 9.88 Å². The number of sulfonamides is 1. The second-order valence-electron chi connectivity index (χ2n) is 3.77. The van der Waals surface area contributed by atoms with Crippen molar-refractivity contribution in [3.05, 3.63) is 23.8 Å². The van der Waals surface area contributed by atoms with E-state index in [1.807, 2.05) is 0 Å². The highest BCUT2D eigenvalue weighted by atomic mass is 32.2. The Morgan fingerprint density at radius 2 is 2.18 bits per heavy atom. The maximum Gasteiger partial charge on any atom is 0.311 e. The van der Waals surface area contributed by atoms with Gasteiger partial charge in [-0.05, 0) is 24.6 Å². The first-order valence-corrected chi connectivity index (χ1v) is 6.46. The van der Waals surface area contributed by atoms with Gasteiger partial charge < -0.3 is 9.84 Å². The molecule has 92 valence electrons. The zero-order chi connectivity index (χ0) is 12.6. The minimum Gasteiger partial charge on any atom is -0.493 e. The van der Waals surface area contributed by atoms with Crippen LogP contribution in [-0.4, -0.2) is 26.1 Å². The largest absolute Gasteiger partial charge is 0.493 e. The zero-order valence-corrected chi connectivity index (χ0v) is 9.61. The number of ether oxygens (including phenoxy) is 1. The van der Waals surface area contributed by atoms with Gasteiger partial charge in [0.05, 0.1) is 17.4 Å². The van der Waals surface area contributed by atoms with Crippen LogP contribution in [0, 0.1) is 0 Å². The van der Waals surface area contributed by atoms with Crippen molar-refractivity contribution in [2.24, 2.45) is 5.14 Å². The van der Waals surface area contributed by atoms with Crippen LogP contribution in [0.1, 0.15) is 17.9 Å². The first-order chi connectivity index (χ1) is 7.89. The van der Waals surface area contributed by atoms with Gasteiger partial charge in [-0.2, -0.15) is 0 Å². The highest BCUT2D eigenvalue weighted by Gasteiger charge is 2.28. The Hall–Kier alpha value is -1.60. The molecule has 1 unspecified atom stereocenters. The van der Waals surface area contributed by atoms with Crippen LogP contribution in [0.5, 0.6) is 5.75 Å². The number of primary sulfonamides is 1. The van der Waals surface area contributed by atoms with Gasteiger partial charge in [0.25, 0.3) is 0 Å². The van der Waals surface area contributed by atoms with E-state index in [9.17, 15) is 13.2 Å². The predicted octanol–water partition coefficient (Wildman–Crippen LogP) is 0.285. The molecule has 0 radical (unpaired) electrons. The molecule has 1 atom stereocenters. The van der Waals surface area contributed by atoms with E-state index in [4.69, 9.17) is 15.0 Å². The lowest BCUT2D eigenvalue weighted by Gasteiger charge is -2.23. The molecule has 1 aromatic carbocycles. The van der Waals surface area contributed by atoms with E-state index in [1.165, 1.54) is 18.2 Å². The van der Waals surface area contributed by atoms with Gasteiger partial charge in [-0.3, -0.25) is 4.79 Å². The van der Waals surface area contributed by atoms with Gasteiger partial charge >= 0.3 is 5.97 Å². The molecule has 2 rings (SSSR count). The molecular weight excluding hydrogens is 246 g/mol. The van der Waals surface area contributed by atoms with E-state index in [1.54, 1.807) is 0 Å². The first kappa shape index (κ1) is 11.9. The molecule has 0 bridgehead atoms. The SMILES string of the molecule is NS(=O)(=O)c1ccc2c(c1)C(C(=O)O)CCO2. The van der Waals surface area contributed by atoms with Crippen LogP contribution >= 0.6 is 0 Å². The van der Waals surface area contributed by atoms with Crippen molar-refractivity contribution in [3.63, 3.8) is 0 Å². The average Bonchev–Trinajstić information content (AvgIpc) is 2.26. The molecule has 3 N–H and O–H groups in total. The fourth-order valence-corrected chi connectivity index (χ4v) is 2.35. The van der Waals surface area contributed by atoms with Gasteiger partial charge in [-0.15, -0.1) is 0 Å². The Bertz CT molecular complexity index is 566. The van der Waals surface area contributed by atoms with Crippen LogP contribution in [0.25, 0.3) is 0 Å². The molecule has 0 aromatic heterocycles. The maximum atomic E-state index is 11.2. The van der Waals surface area contributed by atoms with Gasteiger partial charge in [0.1, 0.15) is 5.75 Å². The van der Waals surface area contributed by atoms with E-state index >= 15 is 0 Å². The standard InChI is InChI=1S/C10H11NO5S/c11-17(14,15)6-1-2-9-8(5-6)7(10(12)13)3-4-16-9/h1-2,5,7H,3-4H2,(H,12,13)(H2,11,14,15). The second kappa shape index (κ2) is 4.01. The van der Waals surface area contributed by atoms with Crippen LogP contribution in [0.4, 0.5) is 0 Å². The average molecular weight is 257 g/mol. The fraction of sp³-hybridized carbons (Fsp3) is 0.300. The Morgan fingerprint density at radius 1 is 1.47 bits per heavy atom. The molecule has 6 nitrogen and oxygen atoms in total. The van der Waals surface area contributed by atoms with E-state index in [-0.39, 0.29) is 4.90 Å². The van der Waals surface area contributed by atoms with Crippen molar-refractivity contribution in [3.8, 4) is 5.75 Å². The van der Waals surface area contributed by atoms with Crippen molar-refractivity contribution in [1.82, 2.24) is 0 Å². The lowest BCUT2D eigenvalue weighted by Crippen LogP contribution is -2.22. The van der Waals surface area contributed by atoms with Crippen LogP contribution in [0.15, 0.2) is 23.1 Å². The minimum atomic E-state index is -3.83. The summed E-state index contributed by atoms with van der Waals surface area (Å²) >= 11 is 0. The van der Waals surface area contributed by atoms with Crippen molar-refractivity contribution in [1.29, 1.82) is 0 Å². The number of carboxylic acid groups (broad SMARTS) is 1. The van der Waals surface area contributed by atoms with Gasteiger partial charge in [-0.1, -0.05) is 0 Å². The molecule has 0 fully saturated rings. The number of nitrogens with two attached hydrogens (primary N) is 1. The molecule has 0 spiro atoms. The number of carbonyl (C=O) groups is 1. The normalized spacial score (nSPS) is 19.2. The van der Waals surface area contributed by atoms with Crippen molar-refractivity contribution in [2.45, 2.75) is 17.2 Å². The van der Waals surface area contributed by atoms with E-state index in [2.05, 4.69) is 0 Å². The Kier molecular flexibility index (Phi) is 2.80. The molecule has 0 saturated heterocycles. The van der Waals surface area contributed by atoms with E-state index < -0.39 is 21.9 Å². The molecule has 17 heavy (non-hydrogen) atoms. The molecule has 1 heterocycles. The van der Waals surface area contributed by atoms with Gasteiger partial charge in [0.2, 0.25) is 10.0 Å². The number of carboxylic acids is 1. The summed E-state index contributed by atoms with van der Waals surface area (Å²) < 4.78 is 27.6. The summed E-state index contributed by atoms with van der Waals surface area (Å²) in [7, 11) is -3.83. The maximum absolute atomic E-state index is 11.2. The predicted molar refractivity (Wildman–Crippen MR) is 58.3 cm³/mol. The van der Waals surface area contributed by atoms with Crippen molar-refractivity contribution < 1.29 is 23.1 Å². The third kappa shape index (κ3) is 2.25. The quantitative estimate of drug-likeness (QED) is 0.791. The summed E-state index contributed by atoms with van der Waals surface area (Å²) in [5, 5.41) is 14.0. The van der Waals surface area contributed by atoms with Gasteiger partial charge in [0, 0.05) is 5.56 Å². The summed E-state index contributed by atoms with van der Waals surface area (Å²) in [5.41, 5.74) is 0.357. The topological polar surface area (TPSA) is 107 Å². The number of rotatable bonds is 2.